The van der Waals surface area contributed by atoms with Gasteiger partial charge in [-0.05, 0) is 13.0 Å². The number of nitrogens with zero attached hydrogens (tertiary/aromatic N) is 3. The number of hydrogen-bond donors (Lipinski definition) is 0. The predicted molar refractivity (Wildman–Crippen MR) is 80.5 cm³/mol. The quantitative estimate of drug-likeness (QED) is 0.738. The van der Waals surface area contributed by atoms with Crippen LogP contribution in [0.25, 0.3) is 11.3 Å². The molecule has 0 saturated heterocycles. The zero-order chi connectivity index (χ0) is 18.6. The monoisotopic (exact) mass is 359 g/mol. The van der Waals surface area contributed by atoms with Crippen LogP contribution in [0.3, 0.4) is 0 Å². The Morgan fingerprint density at radius 1 is 1.32 bits per heavy atom. The molecular formula is C15H16F3N3O4. The number of methoxy groups -OCH3 is 1. The zero-order valence-corrected chi connectivity index (χ0v) is 13.8. The minimum Gasteiger partial charge on any atom is -0.496 e. The van der Waals surface area contributed by atoms with Crippen LogP contribution in [0.2, 0.25) is 0 Å². The molecule has 2 rings (SSSR count). The summed E-state index contributed by atoms with van der Waals surface area (Å²) in [6, 6.07) is 2.71. The lowest BCUT2D eigenvalue weighted by atomic mass is 10.1. The zero-order valence-electron chi connectivity index (χ0n) is 13.8. The summed E-state index contributed by atoms with van der Waals surface area (Å²) in [6.45, 7) is 0.427. The van der Waals surface area contributed by atoms with E-state index in [-0.39, 0.29) is 23.9 Å². The van der Waals surface area contributed by atoms with Crippen molar-refractivity contribution in [3.8, 4) is 22.9 Å². The fourth-order valence-electron chi connectivity index (χ4n) is 2.04. The topological polar surface area (TPSA) is 75.5 Å². The van der Waals surface area contributed by atoms with Gasteiger partial charge in [-0.25, -0.2) is 9.78 Å². The second-order valence-corrected chi connectivity index (χ2v) is 4.89. The van der Waals surface area contributed by atoms with Gasteiger partial charge in [0.05, 0.1) is 25.0 Å². The summed E-state index contributed by atoms with van der Waals surface area (Å²) in [4.78, 5) is 15.6. The van der Waals surface area contributed by atoms with Crippen molar-refractivity contribution in [3.05, 3.63) is 24.0 Å². The van der Waals surface area contributed by atoms with Gasteiger partial charge < -0.3 is 14.2 Å². The van der Waals surface area contributed by atoms with E-state index in [1.54, 1.807) is 14.0 Å². The number of carbonyl (C=O) groups is 1. The molecule has 136 valence electrons. The van der Waals surface area contributed by atoms with Gasteiger partial charge in [-0.15, -0.1) is 0 Å². The molecule has 0 aliphatic carbocycles. The van der Waals surface area contributed by atoms with Crippen LogP contribution < -0.4 is 9.47 Å². The minimum absolute atomic E-state index is 0.0961. The van der Waals surface area contributed by atoms with Crippen LogP contribution in [0, 0.1) is 0 Å². The van der Waals surface area contributed by atoms with Crippen LogP contribution >= 0.6 is 0 Å². The van der Waals surface area contributed by atoms with Crippen molar-refractivity contribution in [1.82, 2.24) is 14.8 Å². The van der Waals surface area contributed by atoms with Crippen LogP contribution in [0.5, 0.6) is 11.6 Å². The van der Waals surface area contributed by atoms with Crippen LogP contribution in [0.4, 0.5) is 13.2 Å². The SMILES string of the molecule is CCOC(=O)c1cc(-c2cnc(OCC(F)(F)F)cc2OC)n(C)n1. The van der Waals surface area contributed by atoms with Gasteiger partial charge in [-0.3, -0.25) is 4.68 Å². The van der Waals surface area contributed by atoms with Gasteiger partial charge in [-0.1, -0.05) is 0 Å². The molecule has 0 bridgehead atoms. The molecule has 0 aliphatic heterocycles. The standard InChI is InChI=1S/C15H16F3N3O4/c1-4-24-14(22)10-5-11(21(2)20-10)9-7-19-13(6-12(9)23-3)25-8-15(16,17)18/h5-7H,4,8H2,1-3H3. The van der Waals surface area contributed by atoms with Gasteiger partial charge in [0.1, 0.15) is 5.75 Å². The summed E-state index contributed by atoms with van der Waals surface area (Å²) in [6.07, 6.45) is -3.18. The lowest BCUT2D eigenvalue weighted by Gasteiger charge is -2.12. The number of alkyl halides is 3. The highest BCUT2D eigenvalue weighted by Crippen LogP contribution is 2.32. The number of ether oxygens (including phenoxy) is 3. The number of carbonyl (C=O) groups excluding carboxylic acids is 1. The van der Waals surface area contributed by atoms with Crippen molar-refractivity contribution in [1.29, 1.82) is 0 Å². The average Bonchev–Trinajstić information content (AvgIpc) is 2.94. The Morgan fingerprint density at radius 3 is 2.64 bits per heavy atom. The predicted octanol–water partition coefficient (Wildman–Crippen LogP) is 2.61. The molecule has 0 amide bonds. The fourth-order valence-corrected chi connectivity index (χ4v) is 2.04. The molecule has 0 spiro atoms. The molecule has 2 aromatic heterocycles. The number of aromatic nitrogens is 3. The van der Waals surface area contributed by atoms with Crippen LogP contribution in [-0.4, -0.2) is 47.2 Å². The molecule has 0 saturated carbocycles. The smallest absolute Gasteiger partial charge is 0.422 e. The minimum atomic E-state index is -4.47. The Morgan fingerprint density at radius 2 is 2.04 bits per heavy atom. The number of aryl methyl sites for hydroxylation is 1. The number of pyridine rings is 1. The van der Waals surface area contributed by atoms with Crippen molar-refractivity contribution in [2.75, 3.05) is 20.3 Å². The van der Waals surface area contributed by atoms with Gasteiger partial charge in [-0.2, -0.15) is 18.3 Å². The molecule has 10 heteroatoms. The van der Waals surface area contributed by atoms with Gasteiger partial charge in [0.15, 0.2) is 12.3 Å². The summed E-state index contributed by atoms with van der Waals surface area (Å²) < 4.78 is 52.8. The lowest BCUT2D eigenvalue weighted by Crippen LogP contribution is -2.19. The lowest BCUT2D eigenvalue weighted by molar-refractivity contribution is -0.154. The van der Waals surface area contributed by atoms with Gasteiger partial charge in [0.25, 0.3) is 0 Å². The van der Waals surface area contributed by atoms with E-state index in [2.05, 4.69) is 14.8 Å². The van der Waals surface area contributed by atoms with Crippen molar-refractivity contribution in [2.24, 2.45) is 7.05 Å². The molecule has 0 N–H and O–H groups in total. The Labute approximate surface area is 141 Å². The molecule has 0 aromatic carbocycles. The Hall–Kier alpha value is -2.78. The molecule has 0 atom stereocenters. The highest BCUT2D eigenvalue weighted by atomic mass is 19.4. The highest BCUT2D eigenvalue weighted by molar-refractivity contribution is 5.89. The van der Waals surface area contributed by atoms with Crippen molar-refractivity contribution in [2.45, 2.75) is 13.1 Å². The fraction of sp³-hybridized carbons (Fsp3) is 0.400. The molecule has 0 unspecified atom stereocenters. The maximum atomic E-state index is 12.2. The molecular weight excluding hydrogens is 343 g/mol. The van der Waals surface area contributed by atoms with Crippen LogP contribution in [0.1, 0.15) is 17.4 Å². The molecule has 7 nitrogen and oxygen atoms in total. The van der Waals surface area contributed by atoms with Crippen molar-refractivity contribution < 1.29 is 32.2 Å². The van der Waals surface area contributed by atoms with E-state index in [1.807, 2.05) is 0 Å². The summed E-state index contributed by atoms with van der Waals surface area (Å²) in [5.41, 5.74) is 1.01. The maximum absolute atomic E-state index is 12.2. The third kappa shape index (κ3) is 4.61. The summed E-state index contributed by atoms with van der Waals surface area (Å²) >= 11 is 0. The molecule has 2 heterocycles. The van der Waals surface area contributed by atoms with E-state index in [0.717, 1.165) is 0 Å². The Balaban J connectivity index is 2.31. The first-order valence-electron chi connectivity index (χ1n) is 7.20. The van der Waals surface area contributed by atoms with Crippen molar-refractivity contribution >= 4 is 5.97 Å². The second-order valence-electron chi connectivity index (χ2n) is 4.89. The number of halogens is 3. The molecule has 0 aliphatic rings. The van der Waals surface area contributed by atoms with E-state index in [0.29, 0.717) is 11.3 Å². The first-order valence-corrected chi connectivity index (χ1v) is 7.20. The summed E-state index contributed by atoms with van der Waals surface area (Å²) in [5.74, 6) is -0.585. The first kappa shape index (κ1) is 18.6. The van der Waals surface area contributed by atoms with Crippen LogP contribution in [0.15, 0.2) is 18.3 Å². The maximum Gasteiger partial charge on any atom is 0.422 e. The third-order valence-electron chi connectivity index (χ3n) is 3.08. The van der Waals surface area contributed by atoms with E-state index in [1.165, 1.54) is 30.1 Å². The van der Waals surface area contributed by atoms with E-state index < -0.39 is 18.8 Å². The highest BCUT2D eigenvalue weighted by Gasteiger charge is 2.29. The Bertz CT molecular complexity index is 759. The van der Waals surface area contributed by atoms with E-state index in [9.17, 15) is 18.0 Å². The molecule has 0 radical (unpaired) electrons. The Kier molecular flexibility index (Phi) is 5.50. The summed E-state index contributed by atoms with van der Waals surface area (Å²) in [7, 11) is 2.96. The van der Waals surface area contributed by atoms with Gasteiger partial charge >= 0.3 is 12.1 Å². The van der Waals surface area contributed by atoms with Gasteiger partial charge in [0, 0.05) is 19.3 Å². The van der Waals surface area contributed by atoms with E-state index in [4.69, 9.17) is 9.47 Å². The first-order chi connectivity index (χ1) is 11.7. The van der Waals surface area contributed by atoms with Gasteiger partial charge in [0.2, 0.25) is 5.88 Å². The largest absolute Gasteiger partial charge is 0.496 e. The average molecular weight is 359 g/mol. The molecule has 25 heavy (non-hydrogen) atoms. The number of esters is 1. The van der Waals surface area contributed by atoms with E-state index >= 15 is 0 Å². The molecule has 0 fully saturated rings. The second kappa shape index (κ2) is 7.41. The summed E-state index contributed by atoms with van der Waals surface area (Å²) in [5, 5.41) is 4.05. The third-order valence-corrected chi connectivity index (χ3v) is 3.08. The molecule has 2 aromatic rings. The van der Waals surface area contributed by atoms with Crippen molar-refractivity contribution in [3.63, 3.8) is 0 Å². The normalized spacial score (nSPS) is 11.3. The number of hydrogen-bond acceptors (Lipinski definition) is 6. The number of rotatable bonds is 6. The van der Waals surface area contributed by atoms with Crippen LogP contribution in [-0.2, 0) is 11.8 Å².